The Morgan fingerprint density at radius 1 is 1.08 bits per heavy atom. The summed E-state index contributed by atoms with van der Waals surface area (Å²) in [5.74, 6) is 0.0132. The SMILES string of the molecule is CCc1ccc2c(CC(=O)NCc3ccccc3C[NH+](C)C)coc2c1. The fourth-order valence-corrected chi connectivity index (χ4v) is 3.20. The minimum Gasteiger partial charge on any atom is -0.464 e. The van der Waals surface area contributed by atoms with Crippen LogP contribution in [0.5, 0.6) is 0 Å². The molecule has 0 fully saturated rings. The summed E-state index contributed by atoms with van der Waals surface area (Å²) in [5, 5.41) is 4.07. The van der Waals surface area contributed by atoms with Crippen molar-refractivity contribution in [3.63, 3.8) is 0 Å². The molecule has 136 valence electrons. The average molecular weight is 351 g/mol. The van der Waals surface area contributed by atoms with Crippen LogP contribution in [0, 0.1) is 0 Å². The van der Waals surface area contributed by atoms with Crippen molar-refractivity contribution in [2.24, 2.45) is 0 Å². The van der Waals surface area contributed by atoms with Gasteiger partial charge >= 0.3 is 0 Å². The highest BCUT2D eigenvalue weighted by atomic mass is 16.3. The van der Waals surface area contributed by atoms with Crippen LogP contribution in [0.2, 0.25) is 0 Å². The van der Waals surface area contributed by atoms with Crippen LogP contribution >= 0.6 is 0 Å². The number of carbonyl (C=O) groups excluding carboxylic acids is 1. The summed E-state index contributed by atoms with van der Waals surface area (Å²) in [4.78, 5) is 13.8. The number of amides is 1. The fraction of sp³-hybridized carbons (Fsp3) is 0.318. The number of furan rings is 1. The van der Waals surface area contributed by atoms with E-state index in [1.165, 1.54) is 21.6 Å². The Bertz CT molecular complexity index is 896. The van der Waals surface area contributed by atoms with Gasteiger partial charge in [-0.05, 0) is 23.6 Å². The number of carbonyl (C=O) groups is 1. The first-order valence-electron chi connectivity index (χ1n) is 9.18. The fourth-order valence-electron chi connectivity index (χ4n) is 3.20. The summed E-state index contributed by atoms with van der Waals surface area (Å²) in [5.41, 5.74) is 5.47. The zero-order valence-corrected chi connectivity index (χ0v) is 15.8. The van der Waals surface area contributed by atoms with Gasteiger partial charge in [-0.1, -0.05) is 43.3 Å². The molecule has 4 heteroatoms. The molecule has 0 aliphatic carbocycles. The van der Waals surface area contributed by atoms with Gasteiger partial charge in [0.1, 0.15) is 12.1 Å². The van der Waals surface area contributed by atoms with Gasteiger partial charge in [-0.3, -0.25) is 4.79 Å². The zero-order chi connectivity index (χ0) is 18.5. The van der Waals surface area contributed by atoms with E-state index in [9.17, 15) is 4.79 Å². The van der Waals surface area contributed by atoms with Gasteiger partial charge in [-0.2, -0.15) is 0 Å². The van der Waals surface area contributed by atoms with Crippen LogP contribution in [0.15, 0.2) is 53.1 Å². The number of aryl methyl sites for hydroxylation is 1. The summed E-state index contributed by atoms with van der Waals surface area (Å²) < 4.78 is 5.64. The molecule has 26 heavy (non-hydrogen) atoms. The highest BCUT2D eigenvalue weighted by Gasteiger charge is 2.12. The Kier molecular flexibility index (Phi) is 5.74. The average Bonchev–Trinajstić information content (AvgIpc) is 3.02. The van der Waals surface area contributed by atoms with Crippen molar-refractivity contribution in [1.82, 2.24) is 5.32 Å². The normalized spacial score (nSPS) is 11.2. The smallest absolute Gasteiger partial charge is 0.224 e. The molecule has 3 rings (SSSR count). The van der Waals surface area contributed by atoms with Crippen LogP contribution in [-0.4, -0.2) is 20.0 Å². The number of fused-ring (bicyclic) bond motifs is 1. The van der Waals surface area contributed by atoms with E-state index in [2.05, 4.69) is 56.7 Å². The third kappa shape index (κ3) is 4.33. The number of nitrogens with one attached hydrogen (secondary N) is 2. The van der Waals surface area contributed by atoms with Crippen molar-refractivity contribution >= 4 is 16.9 Å². The molecule has 0 atom stereocenters. The number of quaternary nitrogens is 1. The van der Waals surface area contributed by atoms with E-state index in [0.717, 1.165) is 29.5 Å². The molecular weight excluding hydrogens is 324 g/mol. The molecule has 1 amide bonds. The topological polar surface area (TPSA) is 46.7 Å². The van der Waals surface area contributed by atoms with Crippen molar-refractivity contribution in [2.45, 2.75) is 32.9 Å². The molecule has 0 saturated heterocycles. The van der Waals surface area contributed by atoms with Crippen molar-refractivity contribution in [2.75, 3.05) is 14.1 Å². The monoisotopic (exact) mass is 351 g/mol. The lowest BCUT2D eigenvalue weighted by atomic mass is 10.1. The first-order chi connectivity index (χ1) is 12.6. The summed E-state index contributed by atoms with van der Waals surface area (Å²) in [6.45, 7) is 3.62. The molecule has 0 aliphatic heterocycles. The van der Waals surface area contributed by atoms with E-state index in [1.54, 1.807) is 6.26 Å². The van der Waals surface area contributed by atoms with Crippen LogP contribution in [0.1, 0.15) is 29.2 Å². The first kappa shape index (κ1) is 18.2. The second-order valence-corrected chi connectivity index (χ2v) is 7.05. The van der Waals surface area contributed by atoms with E-state index >= 15 is 0 Å². The molecule has 4 nitrogen and oxygen atoms in total. The lowest BCUT2D eigenvalue weighted by Gasteiger charge is -2.12. The molecule has 0 saturated carbocycles. The molecule has 2 N–H and O–H groups in total. The predicted octanol–water partition coefficient (Wildman–Crippen LogP) is 2.50. The number of hydrogen-bond acceptors (Lipinski definition) is 2. The van der Waals surface area contributed by atoms with E-state index in [0.29, 0.717) is 13.0 Å². The minimum absolute atomic E-state index is 0.0132. The van der Waals surface area contributed by atoms with Crippen molar-refractivity contribution in [3.05, 3.63) is 71.0 Å². The molecule has 0 spiro atoms. The van der Waals surface area contributed by atoms with Gasteiger partial charge < -0.3 is 14.6 Å². The molecule has 1 heterocycles. The van der Waals surface area contributed by atoms with Crippen molar-refractivity contribution < 1.29 is 14.1 Å². The molecule has 0 bridgehead atoms. The van der Waals surface area contributed by atoms with Crippen molar-refractivity contribution in [3.8, 4) is 0 Å². The maximum atomic E-state index is 12.4. The van der Waals surface area contributed by atoms with E-state index in [4.69, 9.17) is 4.42 Å². The Morgan fingerprint density at radius 3 is 2.58 bits per heavy atom. The summed E-state index contributed by atoms with van der Waals surface area (Å²) >= 11 is 0. The lowest BCUT2D eigenvalue weighted by molar-refractivity contribution is -0.872. The summed E-state index contributed by atoms with van der Waals surface area (Å²) in [6, 6.07) is 14.5. The summed E-state index contributed by atoms with van der Waals surface area (Å²) in [7, 11) is 4.26. The minimum atomic E-state index is 0.0132. The van der Waals surface area contributed by atoms with E-state index in [1.807, 2.05) is 12.1 Å². The van der Waals surface area contributed by atoms with Crippen molar-refractivity contribution in [1.29, 1.82) is 0 Å². The van der Waals surface area contributed by atoms with E-state index < -0.39 is 0 Å². The largest absolute Gasteiger partial charge is 0.464 e. The first-order valence-corrected chi connectivity index (χ1v) is 9.18. The Morgan fingerprint density at radius 2 is 1.85 bits per heavy atom. The van der Waals surface area contributed by atoms with Gasteiger partial charge in [0.15, 0.2) is 0 Å². The van der Waals surface area contributed by atoms with Gasteiger partial charge in [0.25, 0.3) is 0 Å². The number of benzene rings is 2. The molecule has 2 aromatic carbocycles. The van der Waals surface area contributed by atoms with Gasteiger partial charge in [0, 0.05) is 23.1 Å². The predicted molar refractivity (Wildman–Crippen MR) is 104 cm³/mol. The van der Waals surface area contributed by atoms with Crippen LogP contribution in [0.3, 0.4) is 0 Å². The second kappa shape index (κ2) is 8.19. The van der Waals surface area contributed by atoms with E-state index in [-0.39, 0.29) is 5.91 Å². The van der Waals surface area contributed by atoms with Crippen LogP contribution in [0.4, 0.5) is 0 Å². The number of rotatable bonds is 7. The van der Waals surface area contributed by atoms with Crippen LogP contribution < -0.4 is 10.2 Å². The summed E-state index contributed by atoms with van der Waals surface area (Å²) in [6.07, 6.45) is 3.01. The van der Waals surface area contributed by atoms with Gasteiger partial charge in [0.05, 0.1) is 26.8 Å². The number of hydrogen-bond donors (Lipinski definition) is 2. The molecule has 1 aromatic heterocycles. The quantitative estimate of drug-likeness (QED) is 0.687. The molecule has 0 radical (unpaired) electrons. The van der Waals surface area contributed by atoms with Gasteiger partial charge in [0.2, 0.25) is 5.91 Å². The lowest BCUT2D eigenvalue weighted by Crippen LogP contribution is -3.04. The van der Waals surface area contributed by atoms with Gasteiger partial charge in [-0.25, -0.2) is 0 Å². The maximum Gasteiger partial charge on any atom is 0.224 e. The third-order valence-electron chi connectivity index (χ3n) is 4.62. The molecular formula is C22H27N2O2+. The Labute approximate surface area is 154 Å². The highest BCUT2D eigenvalue weighted by Crippen LogP contribution is 2.23. The Balaban J connectivity index is 1.65. The highest BCUT2D eigenvalue weighted by molar-refractivity contribution is 5.87. The second-order valence-electron chi connectivity index (χ2n) is 7.05. The standard InChI is InChI=1S/C22H26N2O2/c1-4-16-9-10-20-19(15-26-21(20)11-16)12-22(25)23-13-17-7-5-6-8-18(17)14-24(2)3/h5-11,15H,4,12-14H2,1-3H3,(H,23,25)/p+1. The maximum absolute atomic E-state index is 12.4. The van der Waals surface area contributed by atoms with Gasteiger partial charge in [-0.15, -0.1) is 0 Å². The van der Waals surface area contributed by atoms with Crippen LogP contribution in [0.25, 0.3) is 11.0 Å². The third-order valence-corrected chi connectivity index (χ3v) is 4.62. The Hall–Kier alpha value is -2.59. The zero-order valence-electron chi connectivity index (χ0n) is 15.8. The molecule has 0 aliphatic rings. The van der Waals surface area contributed by atoms with Crippen LogP contribution in [-0.2, 0) is 30.7 Å². The molecule has 0 unspecified atom stereocenters. The molecule has 3 aromatic rings.